The lowest BCUT2D eigenvalue weighted by Crippen LogP contribution is -2.34. The Morgan fingerprint density at radius 3 is 2.48 bits per heavy atom. The van der Waals surface area contributed by atoms with Crippen molar-refractivity contribution in [2.45, 2.75) is 32.4 Å². The summed E-state index contributed by atoms with van der Waals surface area (Å²) in [5, 5.41) is 31.1. The van der Waals surface area contributed by atoms with Crippen LogP contribution in [0.1, 0.15) is 46.4 Å². The van der Waals surface area contributed by atoms with Crippen LogP contribution in [0.5, 0.6) is 0 Å². The predicted molar refractivity (Wildman–Crippen MR) is 125 cm³/mol. The first kappa shape index (κ1) is 24.8. The van der Waals surface area contributed by atoms with Crippen LogP contribution in [-0.4, -0.2) is 66.0 Å². The summed E-state index contributed by atoms with van der Waals surface area (Å²) < 4.78 is 1.73. The SMILES string of the molecule is C=C(NCCCO)c1c(C)c(C(C)N(C)CC(O)CO)c(I)c(C=O)c1I. The highest BCUT2D eigenvalue weighted by Gasteiger charge is 2.26. The van der Waals surface area contributed by atoms with Crippen molar-refractivity contribution in [3.8, 4) is 0 Å². The van der Waals surface area contributed by atoms with E-state index in [2.05, 4.69) is 57.1 Å². The van der Waals surface area contributed by atoms with Crippen LogP contribution in [0.4, 0.5) is 0 Å². The molecule has 0 radical (unpaired) electrons. The molecule has 0 aliphatic heterocycles. The highest BCUT2D eigenvalue weighted by atomic mass is 127. The predicted octanol–water partition coefficient (Wildman–Crippen LogP) is 2.31. The molecule has 0 aromatic heterocycles. The molecule has 8 heteroatoms. The van der Waals surface area contributed by atoms with E-state index in [9.17, 15) is 9.90 Å². The van der Waals surface area contributed by atoms with Gasteiger partial charge in [-0.1, -0.05) is 6.58 Å². The van der Waals surface area contributed by atoms with Crippen molar-refractivity contribution in [3.63, 3.8) is 0 Å². The molecule has 6 nitrogen and oxygen atoms in total. The molecule has 1 rings (SSSR count). The molecule has 0 saturated carbocycles. The first-order valence-corrected chi connectivity index (χ1v) is 10.9. The van der Waals surface area contributed by atoms with E-state index in [4.69, 9.17) is 10.2 Å². The zero-order chi connectivity index (χ0) is 20.7. The van der Waals surface area contributed by atoms with E-state index in [1.165, 1.54) is 0 Å². The molecular formula is C19H28I2N2O4. The number of nitrogens with zero attached hydrogens (tertiary/aromatic N) is 1. The Balaban J connectivity index is 3.41. The molecule has 152 valence electrons. The molecule has 4 N–H and O–H groups in total. The highest BCUT2D eigenvalue weighted by Crippen LogP contribution is 2.37. The molecule has 0 aliphatic rings. The van der Waals surface area contributed by atoms with Crippen LogP contribution in [-0.2, 0) is 0 Å². The van der Waals surface area contributed by atoms with Gasteiger partial charge in [-0.25, -0.2) is 0 Å². The number of carbonyl (C=O) groups is 1. The number of hydrogen-bond donors (Lipinski definition) is 4. The maximum absolute atomic E-state index is 11.8. The van der Waals surface area contributed by atoms with Gasteiger partial charge in [0.05, 0.1) is 12.7 Å². The van der Waals surface area contributed by atoms with E-state index < -0.39 is 6.10 Å². The molecule has 1 aromatic rings. The topological polar surface area (TPSA) is 93.0 Å². The second kappa shape index (κ2) is 11.7. The number of aliphatic hydroxyl groups excluding tert-OH is 3. The summed E-state index contributed by atoms with van der Waals surface area (Å²) in [4.78, 5) is 13.7. The third-order valence-electron chi connectivity index (χ3n) is 4.59. The molecule has 0 spiro atoms. The van der Waals surface area contributed by atoms with Gasteiger partial charge in [-0.2, -0.15) is 0 Å². The zero-order valence-electron chi connectivity index (χ0n) is 15.9. The van der Waals surface area contributed by atoms with Crippen molar-refractivity contribution in [1.82, 2.24) is 10.2 Å². The zero-order valence-corrected chi connectivity index (χ0v) is 20.2. The Labute approximate surface area is 188 Å². The van der Waals surface area contributed by atoms with Gasteiger partial charge in [-0.3, -0.25) is 9.69 Å². The van der Waals surface area contributed by atoms with Crippen LogP contribution in [0.25, 0.3) is 5.70 Å². The maximum atomic E-state index is 11.8. The lowest BCUT2D eigenvalue weighted by Gasteiger charge is -2.31. The molecule has 0 fully saturated rings. The number of likely N-dealkylation sites (N-methyl/N-ethyl adjacent to an activating group) is 1. The Hall–Kier alpha value is -0.270. The minimum atomic E-state index is -0.820. The highest BCUT2D eigenvalue weighted by molar-refractivity contribution is 14.1. The van der Waals surface area contributed by atoms with Crippen LogP contribution in [0.2, 0.25) is 0 Å². The van der Waals surface area contributed by atoms with Crippen LogP contribution in [0.15, 0.2) is 6.58 Å². The van der Waals surface area contributed by atoms with Crippen LogP contribution in [0.3, 0.4) is 0 Å². The van der Waals surface area contributed by atoms with Gasteiger partial charge < -0.3 is 20.6 Å². The molecule has 27 heavy (non-hydrogen) atoms. The lowest BCUT2D eigenvalue weighted by molar-refractivity contribution is 0.0564. The number of rotatable bonds is 11. The fourth-order valence-electron chi connectivity index (χ4n) is 2.97. The molecular weight excluding hydrogens is 574 g/mol. The number of nitrogens with one attached hydrogen (secondary N) is 1. The summed E-state index contributed by atoms with van der Waals surface area (Å²) in [6.07, 6.45) is 0.663. The van der Waals surface area contributed by atoms with Crippen LogP contribution in [0, 0.1) is 14.1 Å². The second-order valence-corrected chi connectivity index (χ2v) is 8.67. The number of aliphatic hydroxyl groups is 3. The first-order valence-electron chi connectivity index (χ1n) is 8.70. The summed E-state index contributed by atoms with van der Waals surface area (Å²) in [5.41, 5.74) is 4.27. The van der Waals surface area contributed by atoms with Crippen molar-refractivity contribution >= 4 is 57.2 Å². The minimum absolute atomic E-state index is 0.0715. The van der Waals surface area contributed by atoms with Gasteiger partial charge in [0.1, 0.15) is 0 Å². The minimum Gasteiger partial charge on any atom is -0.396 e. The van der Waals surface area contributed by atoms with Crippen LogP contribution < -0.4 is 5.32 Å². The Morgan fingerprint density at radius 1 is 1.33 bits per heavy atom. The standard InChI is InChI=1S/C19H28I2N2O4/c1-11-16(12(2)22-6-5-7-24)18(20)15(10-26)19(21)17(11)13(3)23(4)8-14(27)9-25/h10,13-14,22,24-25,27H,2,5-9H2,1,3-4H3. The quantitative estimate of drug-likeness (QED) is 0.177. The van der Waals surface area contributed by atoms with Gasteiger partial charge >= 0.3 is 0 Å². The molecule has 0 amide bonds. The maximum Gasteiger partial charge on any atom is 0.152 e. The molecule has 0 bridgehead atoms. The Morgan fingerprint density at radius 2 is 1.96 bits per heavy atom. The van der Waals surface area contributed by atoms with Gasteiger partial charge in [-0.05, 0) is 83.6 Å². The summed E-state index contributed by atoms with van der Waals surface area (Å²) in [5.74, 6) is 0. The van der Waals surface area contributed by atoms with E-state index in [1.54, 1.807) is 0 Å². The second-order valence-electron chi connectivity index (χ2n) is 6.51. The van der Waals surface area contributed by atoms with Crippen molar-refractivity contribution in [1.29, 1.82) is 0 Å². The van der Waals surface area contributed by atoms with E-state index in [0.717, 1.165) is 35.8 Å². The molecule has 1 aromatic carbocycles. The van der Waals surface area contributed by atoms with Gasteiger partial charge in [0.2, 0.25) is 0 Å². The number of hydrogen-bond acceptors (Lipinski definition) is 6. The van der Waals surface area contributed by atoms with Crippen molar-refractivity contribution < 1.29 is 20.1 Å². The van der Waals surface area contributed by atoms with Gasteiger partial charge in [0, 0.05) is 49.7 Å². The van der Waals surface area contributed by atoms with E-state index in [-0.39, 0.29) is 19.3 Å². The number of aldehydes is 1. The van der Waals surface area contributed by atoms with Gasteiger partial charge in [-0.15, -0.1) is 0 Å². The summed E-state index contributed by atoms with van der Waals surface area (Å²) in [7, 11) is 1.88. The third-order valence-corrected chi connectivity index (χ3v) is 6.87. The van der Waals surface area contributed by atoms with Crippen molar-refractivity contribution in [2.24, 2.45) is 0 Å². The molecule has 0 heterocycles. The monoisotopic (exact) mass is 602 g/mol. The lowest BCUT2D eigenvalue weighted by atomic mass is 9.92. The largest absolute Gasteiger partial charge is 0.396 e. The summed E-state index contributed by atoms with van der Waals surface area (Å²) in [6, 6.07) is -0.0715. The molecule has 2 atom stereocenters. The van der Waals surface area contributed by atoms with Crippen LogP contribution >= 0.6 is 45.2 Å². The van der Waals surface area contributed by atoms with E-state index in [0.29, 0.717) is 25.1 Å². The van der Waals surface area contributed by atoms with Gasteiger partial charge in [0.15, 0.2) is 6.29 Å². The molecule has 0 saturated heterocycles. The summed E-state index contributed by atoms with van der Waals surface area (Å²) in [6.45, 7) is 8.88. The van der Waals surface area contributed by atoms with E-state index in [1.807, 2.05) is 25.8 Å². The fourth-order valence-corrected chi connectivity index (χ4v) is 5.87. The number of halogens is 2. The first-order chi connectivity index (χ1) is 12.7. The molecule has 0 aliphatic carbocycles. The average Bonchev–Trinajstić information content (AvgIpc) is 2.61. The molecule has 2 unspecified atom stereocenters. The van der Waals surface area contributed by atoms with Crippen molar-refractivity contribution in [2.75, 3.05) is 33.4 Å². The number of carbonyl (C=O) groups excluding carboxylic acids is 1. The summed E-state index contributed by atoms with van der Waals surface area (Å²) >= 11 is 4.38. The average molecular weight is 602 g/mol. The Kier molecular flexibility index (Phi) is 10.7. The normalized spacial score (nSPS) is 13.5. The smallest absolute Gasteiger partial charge is 0.152 e. The van der Waals surface area contributed by atoms with Crippen molar-refractivity contribution in [3.05, 3.63) is 36.0 Å². The van der Waals surface area contributed by atoms with E-state index >= 15 is 0 Å². The third kappa shape index (κ3) is 6.10. The fraction of sp³-hybridized carbons (Fsp3) is 0.526. The van der Waals surface area contributed by atoms with Gasteiger partial charge in [0.25, 0.3) is 0 Å². The Bertz CT molecular complexity index is 682. The number of benzene rings is 1.